The van der Waals surface area contributed by atoms with Crippen LogP contribution in [-0.2, 0) is 9.59 Å². The van der Waals surface area contributed by atoms with Gasteiger partial charge in [-0.3, -0.25) is 9.59 Å². The number of amides is 2. The molecule has 1 aromatic carbocycles. The van der Waals surface area contributed by atoms with Crippen LogP contribution in [0.15, 0.2) is 24.3 Å². The molecule has 126 valence electrons. The Kier molecular flexibility index (Phi) is 4.97. The van der Waals surface area contributed by atoms with Gasteiger partial charge in [0, 0.05) is 18.7 Å². The van der Waals surface area contributed by atoms with Crippen LogP contribution in [-0.4, -0.2) is 36.0 Å². The molecule has 0 radical (unpaired) electrons. The predicted octanol–water partition coefficient (Wildman–Crippen LogP) is 3.16. The van der Waals surface area contributed by atoms with Gasteiger partial charge in [0.15, 0.2) is 0 Å². The van der Waals surface area contributed by atoms with E-state index in [4.69, 9.17) is 0 Å². The molecule has 2 rings (SSSR count). The second-order valence-corrected chi connectivity index (χ2v) is 6.06. The van der Waals surface area contributed by atoms with Crippen molar-refractivity contribution in [1.82, 2.24) is 4.90 Å². The summed E-state index contributed by atoms with van der Waals surface area (Å²) in [7, 11) is 0. The van der Waals surface area contributed by atoms with Gasteiger partial charge in [-0.05, 0) is 23.6 Å². The number of halogens is 3. The van der Waals surface area contributed by atoms with Crippen LogP contribution in [0.2, 0.25) is 0 Å². The van der Waals surface area contributed by atoms with Crippen LogP contribution in [0.3, 0.4) is 0 Å². The van der Waals surface area contributed by atoms with Gasteiger partial charge in [-0.1, -0.05) is 26.0 Å². The summed E-state index contributed by atoms with van der Waals surface area (Å²) in [6.07, 6.45) is -4.64. The van der Waals surface area contributed by atoms with Crippen LogP contribution in [0, 0.1) is 5.92 Å². The van der Waals surface area contributed by atoms with Crippen LogP contribution in [0.1, 0.15) is 31.7 Å². The fourth-order valence-corrected chi connectivity index (χ4v) is 2.51. The van der Waals surface area contributed by atoms with Crippen molar-refractivity contribution < 1.29 is 22.8 Å². The van der Waals surface area contributed by atoms with E-state index in [2.05, 4.69) is 5.32 Å². The van der Waals surface area contributed by atoms with E-state index in [1.165, 1.54) is 0 Å². The van der Waals surface area contributed by atoms with Crippen LogP contribution < -0.4 is 5.32 Å². The summed E-state index contributed by atoms with van der Waals surface area (Å²) in [5, 5.41) is 2.65. The van der Waals surface area contributed by atoms with Crippen molar-refractivity contribution in [1.29, 1.82) is 0 Å². The first-order chi connectivity index (χ1) is 10.7. The molecule has 0 unspecified atom stereocenters. The second kappa shape index (κ2) is 6.60. The zero-order valence-electron chi connectivity index (χ0n) is 13.0. The molecule has 0 saturated carbocycles. The maximum atomic E-state index is 12.4. The minimum atomic E-state index is -4.45. The van der Waals surface area contributed by atoms with Gasteiger partial charge in [0.05, 0.1) is 5.92 Å². The Morgan fingerprint density at radius 2 is 1.91 bits per heavy atom. The number of anilines is 1. The van der Waals surface area contributed by atoms with Crippen LogP contribution in [0.4, 0.5) is 18.9 Å². The number of nitrogens with zero attached hydrogens (tertiary/aromatic N) is 1. The first-order valence-corrected chi connectivity index (χ1v) is 7.41. The fraction of sp³-hybridized carbons (Fsp3) is 0.500. The van der Waals surface area contributed by atoms with Crippen molar-refractivity contribution in [3.8, 4) is 0 Å². The summed E-state index contributed by atoms with van der Waals surface area (Å²) >= 11 is 0. The number of nitrogens with one attached hydrogen (secondary N) is 1. The quantitative estimate of drug-likeness (QED) is 0.923. The maximum Gasteiger partial charge on any atom is 0.406 e. The highest BCUT2D eigenvalue weighted by atomic mass is 19.4. The average Bonchev–Trinajstić information content (AvgIpc) is 2.79. The standard InChI is InChI=1S/C16H19F3N2O2/c1-10(2)11-3-5-13(6-4-11)20-15(23)12-7-14(22)21(8-12)9-16(17,18)19/h3-6,10,12H,7-9H2,1-2H3,(H,20,23)/t12-/m0/s1. The molecular formula is C16H19F3N2O2. The Labute approximate surface area is 132 Å². The van der Waals surface area contributed by atoms with Crippen molar-refractivity contribution in [2.75, 3.05) is 18.4 Å². The predicted molar refractivity (Wildman–Crippen MR) is 79.9 cm³/mol. The van der Waals surface area contributed by atoms with Crippen LogP contribution >= 0.6 is 0 Å². The lowest BCUT2D eigenvalue weighted by Crippen LogP contribution is -2.36. The molecule has 1 heterocycles. The molecule has 1 aliphatic heterocycles. The first kappa shape index (κ1) is 17.3. The molecule has 1 aliphatic rings. The topological polar surface area (TPSA) is 49.4 Å². The molecule has 0 spiro atoms. The Morgan fingerprint density at radius 1 is 1.30 bits per heavy atom. The molecule has 0 aromatic heterocycles. The third kappa shape index (κ3) is 4.71. The van der Waals surface area contributed by atoms with E-state index in [1.807, 2.05) is 26.0 Å². The van der Waals surface area contributed by atoms with E-state index in [0.717, 1.165) is 5.56 Å². The fourth-order valence-electron chi connectivity index (χ4n) is 2.51. The van der Waals surface area contributed by atoms with E-state index in [1.54, 1.807) is 12.1 Å². The summed E-state index contributed by atoms with van der Waals surface area (Å²) in [6.45, 7) is 2.59. The SMILES string of the molecule is CC(C)c1ccc(NC(=O)[C@H]2CC(=O)N(CC(F)(F)F)C2)cc1. The van der Waals surface area contributed by atoms with E-state index < -0.39 is 30.5 Å². The number of rotatable bonds is 4. The molecule has 1 atom stereocenters. The van der Waals surface area contributed by atoms with Gasteiger partial charge in [-0.15, -0.1) is 0 Å². The first-order valence-electron chi connectivity index (χ1n) is 7.41. The van der Waals surface area contributed by atoms with E-state index in [-0.39, 0.29) is 13.0 Å². The summed E-state index contributed by atoms with van der Waals surface area (Å²) in [5.74, 6) is -1.46. The summed E-state index contributed by atoms with van der Waals surface area (Å²) < 4.78 is 37.1. The molecule has 4 nitrogen and oxygen atoms in total. The van der Waals surface area contributed by atoms with Crippen molar-refractivity contribution >= 4 is 17.5 Å². The summed E-state index contributed by atoms with van der Waals surface area (Å²) in [6, 6.07) is 7.26. The van der Waals surface area contributed by atoms with Gasteiger partial charge in [0.25, 0.3) is 0 Å². The Bertz CT molecular complexity index is 582. The minimum absolute atomic E-state index is 0.189. The molecular weight excluding hydrogens is 309 g/mol. The second-order valence-electron chi connectivity index (χ2n) is 6.06. The van der Waals surface area contributed by atoms with Gasteiger partial charge < -0.3 is 10.2 Å². The smallest absolute Gasteiger partial charge is 0.333 e. The lowest BCUT2D eigenvalue weighted by molar-refractivity contribution is -0.157. The Hall–Kier alpha value is -2.05. The average molecular weight is 328 g/mol. The van der Waals surface area contributed by atoms with E-state index >= 15 is 0 Å². The molecule has 1 aromatic rings. The molecule has 0 bridgehead atoms. The highest BCUT2D eigenvalue weighted by Gasteiger charge is 2.40. The van der Waals surface area contributed by atoms with Gasteiger partial charge in [-0.2, -0.15) is 13.2 Å². The number of benzene rings is 1. The molecule has 23 heavy (non-hydrogen) atoms. The summed E-state index contributed by atoms with van der Waals surface area (Å²) in [4.78, 5) is 24.4. The highest BCUT2D eigenvalue weighted by Crippen LogP contribution is 2.25. The zero-order valence-corrected chi connectivity index (χ0v) is 13.0. The molecule has 1 N–H and O–H groups in total. The Balaban J connectivity index is 1.95. The summed E-state index contributed by atoms with van der Waals surface area (Å²) in [5.41, 5.74) is 1.69. The third-order valence-corrected chi connectivity index (χ3v) is 3.80. The lowest BCUT2D eigenvalue weighted by Gasteiger charge is -2.18. The highest BCUT2D eigenvalue weighted by molar-refractivity contribution is 5.97. The normalized spacial score (nSPS) is 18.6. The van der Waals surface area contributed by atoms with Gasteiger partial charge in [0.2, 0.25) is 11.8 Å². The van der Waals surface area contributed by atoms with Gasteiger partial charge in [-0.25, -0.2) is 0 Å². The van der Waals surface area contributed by atoms with Crippen molar-refractivity contribution in [3.05, 3.63) is 29.8 Å². The largest absolute Gasteiger partial charge is 0.406 e. The number of carbonyl (C=O) groups excluding carboxylic acids is 2. The number of carbonyl (C=O) groups is 2. The minimum Gasteiger partial charge on any atom is -0.333 e. The lowest BCUT2D eigenvalue weighted by atomic mass is 10.0. The van der Waals surface area contributed by atoms with Crippen molar-refractivity contribution in [2.45, 2.75) is 32.4 Å². The van der Waals surface area contributed by atoms with Crippen molar-refractivity contribution in [3.63, 3.8) is 0 Å². The van der Waals surface area contributed by atoms with E-state index in [9.17, 15) is 22.8 Å². The molecule has 0 aliphatic carbocycles. The van der Waals surface area contributed by atoms with Gasteiger partial charge in [0.1, 0.15) is 6.54 Å². The maximum absolute atomic E-state index is 12.4. The third-order valence-electron chi connectivity index (χ3n) is 3.80. The van der Waals surface area contributed by atoms with E-state index in [0.29, 0.717) is 16.5 Å². The number of alkyl halides is 3. The number of hydrogen-bond donors (Lipinski definition) is 1. The Morgan fingerprint density at radius 3 is 2.43 bits per heavy atom. The molecule has 1 fully saturated rings. The number of likely N-dealkylation sites (tertiary alicyclic amines) is 1. The van der Waals surface area contributed by atoms with Crippen LogP contribution in [0.25, 0.3) is 0 Å². The van der Waals surface area contributed by atoms with Crippen LogP contribution in [0.5, 0.6) is 0 Å². The zero-order chi connectivity index (χ0) is 17.2. The molecule has 2 amide bonds. The number of hydrogen-bond acceptors (Lipinski definition) is 2. The van der Waals surface area contributed by atoms with Gasteiger partial charge >= 0.3 is 6.18 Å². The van der Waals surface area contributed by atoms with Crippen molar-refractivity contribution in [2.24, 2.45) is 5.92 Å². The molecule has 1 saturated heterocycles. The molecule has 7 heteroatoms. The monoisotopic (exact) mass is 328 g/mol.